The van der Waals surface area contributed by atoms with Crippen LogP contribution in [-0.4, -0.2) is 18.9 Å². The average Bonchev–Trinajstić information content (AvgIpc) is 3.32. The predicted octanol–water partition coefficient (Wildman–Crippen LogP) is 5.46. The van der Waals surface area contributed by atoms with Gasteiger partial charge in [-0.3, -0.25) is 9.59 Å². The fourth-order valence-electron chi connectivity index (χ4n) is 3.06. The van der Waals surface area contributed by atoms with Crippen molar-refractivity contribution < 1.29 is 14.3 Å². The number of para-hydroxylation sites is 2. The second-order valence-corrected chi connectivity index (χ2v) is 7.80. The van der Waals surface area contributed by atoms with Crippen molar-refractivity contribution >= 4 is 63.3 Å². The van der Waals surface area contributed by atoms with Crippen molar-refractivity contribution in [1.82, 2.24) is 0 Å². The summed E-state index contributed by atoms with van der Waals surface area (Å²) in [7, 11) is 1.54. The van der Waals surface area contributed by atoms with E-state index in [0.717, 1.165) is 4.90 Å². The van der Waals surface area contributed by atoms with E-state index in [2.05, 4.69) is 5.32 Å². The minimum absolute atomic E-state index is 0.139. The van der Waals surface area contributed by atoms with Gasteiger partial charge in [-0.2, -0.15) is 0 Å². The normalized spacial score (nSPS) is 14.0. The van der Waals surface area contributed by atoms with Gasteiger partial charge in [0, 0.05) is 4.88 Å². The molecule has 29 heavy (non-hydrogen) atoms. The van der Waals surface area contributed by atoms with Crippen LogP contribution in [0.15, 0.2) is 65.7 Å². The number of imide groups is 1. The van der Waals surface area contributed by atoms with Crippen LogP contribution < -0.4 is 15.0 Å². The molecule has 0 saturated carbocycles. The van der Waals surface area contributed by atoms with Gasteiger partial charge < -0.3 is 10.1 Å². The number of hydrogen-bond acceptors (Lipinski definition) is 5. The Balaban J connectivity index is 1.84. The quantitative estimate of drug-likeness (QED) is 0.530. The number of benzene rings is 2. The fourth-order valence-corrected chi connectivity index (χ4v) is 4.21. The van der Waals surface area contributed by atoms with E-state index in [1.165, 1.54) is 18.4 Å². The molecule has 4 rings (SSSR count). The Morgan fingerprint density at radius 3 is 2.48 bits per heavy atom. The first-order chi connectivity index (χ1) is 14.0. The molecule has 1 aliphatic heterocycles. The molecule has 0 unspecified atom stereocenters. The summed E-state index contributed by atoms with van der Waals surface area (Å²) < 4.78 is 5.36. The Labute approximate surface area is 181 Å². The number of carbonyl (C=O) groups is 2. The molecule has 146 valence electrons. The second-order valence-electron chi connectivity index (χ2n) is 6.07. The molecule has 0 atom stereocenters. The first-order valence-corrected chi connectivity index (χ1v) is 10.2. The lowest BCUT2D eigenvalue weighted by Gasteiger charge is -2.17. The van der Waals surface area contributed by atoms with E-state index in [0.29, 0.717) is 16.3 Å². The van der Waals surface area contributed by atoms with E-state index < -0.39 is 11.8 Å². The van der Waals surface area contributed by atoms with Crippen molar-refractivity contribution in [3.63, 3.8) is 0 Å². The summed E-state index contributed by atoms with van der Waals surface area (Å²) in [4.78, 5) is 28.4. The third-order valence-electron chi connectivity index (χ3n) is 4.39. The van der Waals surface area contributed by atoms with E-state index >= 15 is 0 Å². The summed E-state index contributed by atoms with van der Waals surface area (Å²) >= 11 is 13.8. The first kappa shape index (κ1) is 19.5. The van der Waals surface area contributed by atoms with Gasteiger partial charge in [-0.25, -0.2) is 4.90 Å². The first-order valence-electron chi connectivity index (χ1n) is 8.54. The minimum atomic E-state index is -0.520. The molecule has 0 fully saturated rings. The van der Waals surface area contributed by atoms with E-state index in [4.69, 9.17) is 27.9 Å². The highest BCUT2D eigenvalue weighted by atomic mass is 35.5. The molecule has 1 aliphatic rings. The largest absolute Gasteiger partial charge is 0.495 e. The van der Waals surface area contributed by atoms with Crippen LogP contribution in [0.5, 0.6) is 5.75 Å². The van der Waals surface area contributed by atoms with Crippen LogP contribution in [0.2, 0.25) is 10.0 Å². The topological polar surface area (TPSA) is 58.6 Å². The number of nitrogens with zero attached hydrogens (tertiary/aromatic N) is 1. The smallest absolute Gasteiger partial charge is 0.282 e. The average molecular weight is 445 g/mol. The number of methoxy groups -OCH3 is 1. The maximum Gasteiger partial charge on any atom is 0.282 e. The Hall–Kier alpha value is -2.80. The summed E-state index contributed by atoms with van der Waals surface area (Å²) in [6, 6.07) is 15.6. The van der Waals surface area contributed by atoms with Crippen LogP contribution in [0.25, 0.3) is 5.57 Å². The molecule has 5 nitrogen and oxygen atoms in total. The van der Waals surface area contributed by atoms with Crippen LogP contribution in [0.1, 0.15) is 4.88 Å². The van der Waals surface area contributed by atoms with Crippen molar-refractivity contribution in [2.24, 2.45) is 0 Å². The number of thiophene rings is 1. The molecule has 2 amide bonds. The number of rotatable bonds is 5. The monoisotopic (exact) mass is 444 g/mol. The SMILES string of the molecule is COc1ccccc1NC1=C(c2cccs2)C(=O)N(c2cccc(Cl)c2Cl)C1=O. The van der Waals surface area contributed by atoms with Crippen LogP contribution in [0, 0.1) is 0 Å². The number of halogens is 2. The molecule has 0 saturated heterocycles. The lowest BCUT2D eigenvalue weighted by molar-refractivity contribution is -0.120. The van der Waals surface area contributed by atoms with Crippen molar-refractivity contribution in [2.45, 2.75) is 0 Å². The molecular formula is C21H14Cl2N2O3S. The zero-order chi connectivity index (χ0) is 20.5. The molecule has 1 N–H and O–H groups in total. The van der Waals surface area contributed by atoms with E-state index in [1.807, 2.05) is 23.6 Å². The van der Waals surface area contributed by atoms with Gasteiger partial charge >= 0.3 is 0 Å². The van der Waals surface area contributed by atoms with Gasteiger partial charge in [-0.1, -0.05) is 47.5 Å². The molecule has 3 aromatic rings. The number of hydrogen-bond donors (Lipinski definition) is 1. The number of ether oxygens (including phenoxy) is 1. The second kappa shape index (κ2) is 7.91. The maximum absolute atomic E-state index is 13.3. The van der Waals surface area contributed by atoms with Gasteiger partial charge in [0.15, 0.2) is 0 Å². The van der Waals surface area contributed by atoms with Crippen LogP contribution in [0.3, 0.4) is 0 Å². The van der Waals surface area contributed by atoms with Gasteiger partial charge in [0.2, 0.25) is 0 Å². The Kier molecular flexibility index (Phi) is 5.32. The van der Waals surface area contributed by atoms with Crippen molar-refractivity contribution in [2.75, 3.05) is 17.3 Å². The number of carbonyl (C=O) groups excluding carboxylic acids is 2. The zero-order valence-electron chi connectivity index (χ0n) is 15.1. The highest BCUT2D eigenvalue weighted by Gasteiger charge is 2.41. The summed E-state index contributed by atoms with van der Waals surface area (Å²) in [5, 5.41) is 5.33. The maximum atomic E-state index is 13.3. The highest BCUT2D eigenvalue weighted by Crippen LogP contribution is 2.40. The number of nitrogens with one attached hydrogen (secondary N) is 1. The summed E-state index contributed by atoms with van der Waals surface area (Å²) in [5.41, 5.74) is 1.23. The van der Waals surface area contributed by atoms with Gasteiger partial charge in [-0.05, 0) is 35.7 Å². The molecule has 1 aromatic heterocycles. The van der Waals surface area contributed by atoms with Gasteiger partial charge in [-0.15, -0.1) is 11.3 Å². The summed E-state index contributed by atoms with van der Waals surface area (Å²) in [6.45, 7) is 0. The van der Waals surface area contributed by atoms with Gasteiger partial charge in [0.05, 0.1) is 34.1 Å². The molecule has 0 spiro atoms. The third kappa shape index (κ3) is 3.40. The predicted molar refractivity (Wildman–Crippen MR) is 117 cm³/mol. The molecule has 2 heterocycles. The zero-order valence-corrected chi connectivity index (χ0v) is 17.4. The van der Waals surface area contributed by atoms with Crippen LogP contribution in [0.4, 0.5) is 11.4 Å². The Bertz CT molecular complexity index is 1140. The molecule has 0 bridgehead atoms. The molecule has 0 aliphatic carbocycles. The number of amides is 2. The van der Waals surface area contributed by atoms with Crippen molar-refractivity contribution in [3.8, 4) is 5.75 Å². The lowest BCUT2D eigenvalue weighted by Crippen LogP contribution is -2.32. The third-order valence-corrected chi connectivity index (χ3v) is 6.09. The Morgan fingerprint density at radius 1 is 0.966 bits per heavy atom. The van der Waals surface area contributed by atoms with Gasteiger partial charge in [0.1, 0.15) is 11.4 Å². The molecule has 8 heteroatoms. The van der Waals surface area contributed by atoms with Crippen molar-refractivity contribution in [3.05, 3.63) is 80.6 Å². The molecule has 2 aromatic carbocycles. The minimum Gasteiger partial charge on any atom is -0.495 e. The highest BCUT2D eigenvalue weighted by molar-refractivity contribution is 7.11. The summed E-state index contributed by atoms with van der Waals surface area (Å²) in [6.07, 6.45) is 0. The molecule has 0 radical (unpaired) electrons. The Morgan fingerprint density at radius 2 is 1.76 bits per heavy atom. The summed E-state index contributed by atoms with van der Waals surface area (Å²) in [5.74, 6) is -0.447. The standard InChI is InChI=1S/C21H14Cl2N2O3S/c1-28-15-9-3-2-7-13(15)24-19-17(16-10-5-11-29-16)20(26)25(21(19)27)14-8-4-6-12(22)18(14)23/h2-11,24H,1H3. The number of anilines is 2. The molecular weight excluding hydrogens is 431 g/mol. The van der Waals surface area contributed by atoms with E-state index in [-0.39, 0.29) is 27.0 Å². The van der Waals surface area contributed by atoms with Crippen LogP contribution >= 0.6 is 34.5 Å². The lowest BCUT2D eigenvalue weighted by atomic mass is 10.1. The van der Waals surface area contributed by atoms with Crippen LogP contribution in [-0.2, 0) is 9.59 Å². The van der Waals surface area contributed by atoms with E-state index in [1.54, 1.807) is 36.4 Å². The van der Waals surface area contributed by atoms with E-state index in [9.17, 15) is 9.59 Å². The fraction of sp³-hybridized carbons (Fsp3) is 0.0476. The van der Waals surface area contributed by atoms with Crippen molar-refractivity contribution in [1.29, 1.82) is 0 Å². The van der Waals surface area contributed by atoms with Gasteiger partial charge in [0.25, 0.3) is 11.8 Å².